The number of halogens is 2. The highest BCUT2D eigenvalue weighted by atomic mass is 35.5. The number of carbonyl (C=O) groups excluding carboxylic acids is 1. The van der Waals surface area contributed by atoms with Crippen molar-refractivity contribution in [1.82, 2.24) is 9.97 Å². The van der Waals surface area contributed by atoms with Gasteiger partial charge in [0.25, 0.3) is 0 Å². The number of H-pyrrole nitrogens is 1. The Morgan fingerprint density at radius 2 is 2.25 bits per heavy atom. The first-order valence-corrected chi connectivity index (χ1v) is 4.97. The van der Waals surface area contributed by atoms with Crippen molar-refractivity contribution in [3.05, 3.63) is 40.4 Å². The number of nitrogens with one attached hydrogen (secondary N) is 1. The molecule has 16 heavy (non-hydrogen) atoms. The molecule has 0 radical (unpaired) electrons. The molecular formula is C11H8ClFN2O. The van der Waals surface area contributed by atoms with Crippen LogP contribution in [-0.2, 0) is 0 Å². The molecule has 0 atom stereocenters. The lowest BCUT2D eigenvalue weighted by molar-refractivity contribution is 0.111. The number of imidazole rings is 1. The van der Waals surface area contributed by atoms with Crippen LogP contribution in [0.4, 0.5) is 4.39 Å². The largest absolute Gasteiger partial charge is 0.341 e. The fraction of sp³-hybridized carbons (Fsp3) is 0.0909. The summed E-state index contributed by atoms with van der Waals surface area (Å²) in [6, 6.07) is 4.37. The van der Waals surface area contributed by atoms with Crippen LogP contribution < -0.4 is 0 Å². The van der Waals surface area contributed by atoms with E-state index in [1.807, 2.05) is 0 Å². The Morgan fingerprint density at radius 3 is 2.81 bits per heavy atom. The van der Waals surface area contributed by atoms with Gasteiger partial charge in [-0.3, -0.25) is 4.79 Å². The van der Waals surface area contributed by atoms with E-state index in [0.29, 0.717) is 12.0 Å². The monoisotopic (exact) mass is 238 g/mol. The Morgan fingerprint density at radius 1 is 1.50 bits per heavy atom. The van der Waals surface area contributed by atoms with E-state index in [1.165, 1.54) is 12.1 Å². The highest BCUT2D eigenvalue weighted by Crippen LogP contribution is 2.28. The van der Waals surface area contributed by atoms with Gasteiger partial charge in [0.2, 0.25) is 0 Å². The number of hydrogen-bond donors (Lipinski definition) is 1. The van der Waals surface area contributed by atoms with Gasteiger partial charge in [-0.1, -0.05) is 17.7 Å². The Kier molecular flexibility index (Phi) is 2.75. The Bertz CT molecular complexity index is 531. The molecule has 0 aliphatic heterocycles. The van der Waals surface area contributed by atoms with Gasteiger partial charge >= 0.3 is 0 Å². The molecule has 1 aromatic heterocycles. The van der Waals surface area contributed by atoms with Gasteiger partial charge < -0.3 is 4.98 Å². The molecule has 1 aromatic carbocycles. The predicted molar refractivity (Wildman–Crippen MR) is 59.1 cm³/mol. The Hall–Kier alpha value is -1.68. The molecule has 0 spiro atoms. The molecule has 0 aliphatic rings. The van der Waals surface area contributed by atoms with Crippen LogP contribution in [-0.4, -0.2) is 16.3 Å². The van der Waals surface area contributed by atoms with Crippen LogP contribution in [0.2, 0.25) is 5.02 Å². The van der Waals surface area contributed by atoms with Crippen molar-refractivity contribution >= 4 is 17.9 Å². The molecule has 0 aliphatic carbocycles. The van der Waals surface area contributed by atoms with E-state index in [0.717, 1.165) is 0 Å². The third-order valence-electron chi connectivity index (χ3n) is 2.23. The molecule has 0 bridgehead atoms. The molecule has 5 heteroatoms. The summed E-state index contributed by atoms with van der Waals surface area (Å²) in [7, 11) is 0. The maximum Gasteiger partial charge on any atom is 0.170 e. The summed E-state index contributed by atoms with van der Waals surface area (Å²) in [5, 5.41) is 0.256. The SMILES string of the molecule is Cc1[nH]c(-c2c(F)cccc2Cl)nc1C=O. The molecule has 0 unspecified atom stereocenters. The number of aldehydes is 1. The quantitative estimate of drug-likeness (QED) is 0.818. The average Bonchev–Trinajstić information content (AvgIpc) is 2.59. The first kappa shape index (κ1) is 10.8. The summed E-state index contributed by atoms with van der Waals surface area (Å²) in [4.78, 5) is 17.4. The summed E-state index contributed by atoms with van der Waals surface area (Å²) < 4.78 is 13.5. The van der Waals surface area contributed by atoms with Gasteiger partial charge in [0.05, 0.1) is 10.6 Å². The van der Waals surface area contributed by atoms with Gasteiger partial charge in [0.1, 0.15) is 17.3 Å². The number of aryl methyl sites for hydroxylation is 1. The number of benzene rings is 1. The smallest absolute Gasteiger partial charge is 0.170 e. The van der Waals surface area contributed by atoms with Crippen molar-refractivity contribution in [3.8, 4) is 11.4 Å². The number of aromatic amines is 1. The summed E-state index contributed by atoms with van der Waals surface area (Å²) >= 11 is 5.88. The number of aromatic nitrogens is 2. The molecule has 82 valence electrons. The predicted octanol–water partition coefficient (Wildman–Crippen LogP) is 2.99. The van der Waals surface area contributed by atoms with E-state index in [-0.39, 0.29) is 22.1 Å². The van der Waals surface area contributed by atoms with Crippen LogP contribution in [0.3, 0.4) is 0 Å². The van der Waals surface area contributed by atoms with Crippen LogP contribution in [0.5, 0.6) is 0 Å². The lowest BCUT2D eigenvalue weighted by Gasteiger charge is -2.01. The third kappa shape index (κ3) is 1.72. The van der Waals surface area contributed by atoms with E-state index in [1.54, 1.807) is 13.0 Å². The highest BCUT2D eigenvalue weighted by molar-refractivity contribution is 6.33. The Labute approximate surface area is 96.3 Å². The van der Waals surface area contributed by atoms with Gasteiger partial charge in [-0.05, 0) is 19.1 Å². The van der Waals surface area contributed by atoms with Crippen LogP contribution in [0.15, 0.2) is 18.2 Å². The normalized spacial score (nSPS) is 10.4. The fourth-order valence-electron chi connectivity index (χ4n) is 1.43. The van der Waals surface area contributed by atoms with E-state index < -0.39 is 5.82 Å². The minimum absolute atomic E-state index is 0.181. The summed E-state index contributed by atoms with van der Waals surface area (Å²) in [5.41, 5.74) is 1.03. The zero-order valence-corrected chi connectivity index (χ0v) is 9.18. The fourth-order valence-corrected chi connectivity index (χ4v) is 1.68. The molecule has 3 nitrogen and oxygen atoms in total. The number of rotatable bonds is 2. The first-order chi connectivity index (χ1) is 7.63. The molecule has 0 saturated heterocycles. The van der Waals surface area contributed by atoms with Crippen molar-refractivity contribution in [3.63, 3.8) is 0 Å². The van der Waals surface area contributed by atoms with Crippen LogP contribution >= 0.6 is 11.6 Å². The maximum atomic E-state index is 13.5. The third-order valence-corrected chi connectivity index (χ3v) is 2.55. The van der Waals surface area contributed by atoms with E-state index in [9.17, 15) is 9.18 Å². The lowest BCUT2D eigenvalue weighted by Crippen LogP contribution is -1.88. The molecule has 0 amide bonds. The molecule has 2 aromatic rings. The minimum atomic E-state index is -0.473. The average molecular weight is 239 g/mol. The van der Waals surface area contributed by atoms with Crippen molar-refractivity contribution in [2.45, 2.75) is 6.92 Å². The molecule has 0 fully saturated rings. The zero-order chi connectivity index (χ0) is 11.7. The van der Waals surface area contributed by atoms with Crippen molar-refractivity contribution < 1.29 is 9.18 Å². The molecule has 1 N–H and O–H groups in total. The highest BCUT2D eigenvalue weighted by Gasteiger charge is 2.14. The number of hydrogen-bond acceptors (Lipinski definition) is 2. The van der Waals surface area contributed by atoms with E-state index in [4.69, 9.17) is 11.6 Å². The molecule has 1 heterocycles. The van der Waals surface area contributed by atoms with Crippen LogP contribution in [0.1, 0.15) is 16.2 Å². The summed E-state index contributed by atoms with van der Waals surface area (Å²) in [5.74, 6) is -0.207. The lowest BCUT2D eigenvalue weighted by atomic mass is 10.2. The van der Waals surface area contributed by atoms with Crippen molar-refractivity contribution in [2.75, 3.05) is 0 Å². The Balaban J connectivity index is 2.63. The second kappa shape index (κ2) is 4.06. The van der Waals surface area contributed by atoms with E-state index >= 15 is 0 Å². The number of nitrogens with zero attached hydrogens (tertiary/aromatic N) is 1. The van der Waals surface area contributed by atoms with Crippen molar-refractivity contribution in [1.29, 1.82) is 0 Å². The second-order valence-electron chi connectivity index (χ2n) is 3.31. The van der Waals surface area contributed by atoms with Crippen LogP contribution in [0.25, 0.3) is 11.4 Å². The molecule has 0 saturated carbocycles. The molecule has 2 rings (SSSR count). The first-order valence-electron chi connectivity index (χ1n) is 4.59. The second-order valence-corrected chi connectivity index (χ2v) is 3.72. The van der Waals surface area contributed by atoms with Gasteiger partial charge in [-0.15, -0.1) is 0 Å². The topological polar surface area (TPSA) is 45.8 Å². The standard InChI is InChI=1S/C11H8ClFN2O/c1-6-9(5-16)15-11(14-6)10-7(12)3-2-4-8(10)13/h2-5H,1H3,(H,14,15). The van der Waals surface area contributed by atoms with Gasteiger partial charge in [-0.25, -0.2) is 9.37 Å². The maximum absolute atomic E-state index is 13.5. The van der Waals surface area contributed by atoms with Gasteiger partial charge in [-0.2, -0.15) is 0 Å². The van der Waals surface area contributed by atoms with Crippen LogP contribution in [0, 0.1) is 12.7 Å². The number of carbonyl (C=O) groups is 1. The van der Waals surface area contributed by atoms with Gasteiger partial charge in [0.15, 0.2) is 6.29 Å². The summed E-state index contributed by atoms with van der Waals surface area (Å²) in [6.45, 7) is 1.69. The minimum Gasteiger partial charge on any atom is -0.341 e. The van der Waals surface area contributed by atoms with E-state index in [2.05, 4.69) is 9.97 Å². The summed E-state index contributed by atoms with van der Waals surface area (Å²) in [6.07, 6.45) is 0.615. The van der Waals surface area contributed by atoms with Crippen molar-refractivity contribution in [2.24, 2.45) is 0 Å². The van der Waals surface area contributed by atoms with Gasteiger partial charge in [0, 0.05) is 5.69 Å². The zero-order valence-electron chi connectivity index (χ0n) is 8.42. The molecular weight excluding hydrogens is 231 g/mol.